The fourth-order valence-electron chi connectivity index (χ4n) is 4.11. The van der Waals surface area contributed by atoms with E-state index in [0.717, 1.165) is 12.7 Å². The number of likely N-dealkylation sites (N-methyl/N-ethyl adjacent to an activating group) is 1. The molecule has 186 valence electrons. The molecule has 9 nitrogen and oxygen atoms in total. The molecule has 0 fully saturated rings. The fourth-order valence-corrected chi connectivity index (χ4v) is 4.11. The van der Waals surface area contributed by atoms with Crippen LogP contribution in [0.15, 0.2) is 60.4 Å². The molecular weight excluding hydrogens is 446 g/mol. The summed E-state index contributed by atoms with van der Waals surface area (Å²) in [6, 6.07) is 14.5. The van der Waals surface area contributed by atoms with Crippen molar-refractivity contribution in [2.24, 2.45) is 11.6 Å². The predicted molar refractivity (Wildman–Crippen MR) is 133 cm³/mol. The van der Waals surface area contributed by atoms with Gasteiger partial charge in [0.15, 0.2) is 0 Å². The van der Waals surface area contributed by atoms with Crippen LogP contribution in [-0.2, 0) is 22.6 Å². The van der Waals surface area contributed by atoms with Crippen LogP contribution >= 0.6 is 0 Å². The van der Waals surface area contributed by atoms with Crippen molar-refractivity contribution < 1.29 is 19.1 Å². The van der Waals surface area contributed by atoms with Gasteiger partial charge in [0.25, 0.3) is 5.91 Å². The molecule has 5 N–H and O–H groups in total. The van der Waals surface area contributed by atoms with E-state index in [0.29, 0.717) is 22.6 Å². The molecule has 2 aromatic carbocycles. The first-order valence-corrected chi connectivity index (χ1v) is 11.6. The lowest BCUT2D eigenvalue weighted by Gasteiger charge is -2.25. The number of nitrogens with two attached hydrogens (primary N) is 2. The minimum absolute atomic E-state index is 0.0242. The van der Waals surface area contributed by atoms with Crippen LogP contribution in [0.5, 0.6) is 5.75 Å². The van der Waals surface area contributed by atoms with Crippen molar-refractivity contribution in [1.29, 1.82) is 0 Å². The number of hydrazine groups is 1. The summed E-state index contributed by atoms with van der Waals surface area (Å²) in [6.45, 7) is 2.30. The quantitative estimate of drug-likeness (QED) is 0.240. The SMILES string of the molecule is CNC(=O)C(CCC=O)N1Cc2c(OC/C(N)=C/N(N)[C@@H](C)Cc3ccccc3)cccc2C1=O. The van der Waals surface area contributed by atoms with Gasteiger partial charge in [-0.1, -0.05) is 36.4 Å². The highest BCUT2D eigenvalue weighted by Crippen LogP contribution is 2.33. The molecule has 1 aliphatic rings. The van der Waals surface area contributed by atoms with Crippen LogP contribution in [-0.4, -0.2) is 53.7 Å². The van der Waals surface area contributed by atoms with Crippen molar-refractivity contribution in [2.45, 2.75) is 44.8 Å². The zero-order valence-electron chi connectivity index (χ0n) is 20.1. The van der Waals surface area contributed by atoms with E-state index in [-0.39, 0.29) is 43.8 Å². The maximum absolute atomic E-state index is 13.0. The summed E-state index contributed by atoms with van der Waals surface area (Å²) in [4.78, 5) is 37.7. The average molecular weight is 480 g/mol. The predicted octanol–water partition coefficient (Wildman–Crippen LogP) is 1.72. The lowest BCUT2D eigenvalue weighted by Crippen LogP contribution is -2.46. The Morgan fingerprint density at radius 2 is 1.97 bits per heavy atom. The molecule has 0 bridgehead atoms. The molecule has 1 heterocycles. The summed E-state index contributed by atoms with van der Waals surface area (Å²) in [5.41, 5.74) is 8.93. The van der Waals surface area contributed by atoms with Gasteiger partial charge in [0.1, 0.15) is 24.7 Å². The van der Waals surface area contributed by atoms with E-state index in [1.807, 2.05) is 25.1 Å². The first-order chi connectivity index (χ1) is 16.8. The number of aldehydes is 1. The molecule has 2 amide bonds. The monoisotopic (exact) mass is 479 g/mol. The van der Waals surface area contributed by atoms with Crippen molar-refractivity contribution in [1.82, 2.24) is 15.2 Å². The molecule has 1 aliphatic heterocycles. The lowest BCUT2D eigenvalue weighted by atomic mass is 10.1. The Hall–Kier alpha value is -3.85. The Bertz CT molecular complexity index is 1070. The summed E-state index contributed by atoms with van der Waals surface area (Å²) in [7, 11) is 1.51. The third-order valence-electron chi connectivity index (χ3n) is 6.03. The number of hydrogen-bond acceptors (Lipinski definition) is 7. The molecule has 2 atom stereocenters. The number of carbonyl (C=O) groups excluding carboxylic acids is 3. The van der Waals surface area contributed by atoms with Gasteiger partial charge in [-0.2, -0.15) is 0 Å². The molecule has 0 saturated carbocycles. The highest BCUT2D eigenvalue weighted by molar-refractivity contribution is 6.01. The first kappa shape index (κ1) is 25.8. The largest absolute Gasteiger partial charge is 0.487 e. The van der Waals surface area contributed by atoms with E-state index >= 15 is 0 Å². The Morgan fingerprint density at radius 1 is 1.23 bits per heavy atom. The van der Waals surface area contributed by atoms with Crippen LogP contribution in [0.1, 0.15) is 41.3 Å². The number of hydrogen-bond donors (Lipinski definition) is 3. The van der Waals surface area contributed by atoms with Crippen LogP contribution in [0, 0.1) is 0 Å². The Kier molecular flexibility index (Phi) is 8.86. The standard InChI is InChI=1S/C26H33N5O4/c1-18(14-19-8-4-3-5-9-19)31(28)15-20(27)17-35-24-12-6-10-21-22(24)16-30(26(21)34)23(11-7-13-32)25(33)29-2/h3-6,8-10,12-13,15,18,23H,7,11,14,16-17,27-28H2,1-2H3,(H,29,33)/b20-15-/t18-,23?/m0/s1. The average Bonchev–Trinajstić information content (AvgIpc) is 3.20. The third kappa shape index (κ3) is 6.39. The molecule has 9 heteroatoms. The lowest BCUT2D eigenvalue weighted by molar-refractivity contribution is -0.125. The molecule has 0 aromatic heterocycles. The molecule has 0 spiro atoms. The van der Waals surface area contributed by atoms with Gasteiger partial charge >= 0.3 is 0 Å². The van der Waals surface area contributed by atoms with Gasteiger partial charge < -0.3 is 30.5 Å². The van der Waals surface area contributed by atoms with E-state index in [1.54, 1.807) is 29.4 Å². The van der Waals surface area contributed by atoms with Crippen LogP contribution < -0.4 is 21.6 Å². The summed E-state index contributed by atoms with van der Waals surface area (Å²) in [6.07, 6.45) is 3.59. The number of amides is 2. The number of rotatable bonds is 12. The second-order valence-electron chi connectivity index (χ2n) is 8.57. The topological polar surface area (TPSA) is 131 Å². The first-order valence-electron chi connectivity index (χ1n) is 11.6. The summed E-state index contributed by atoms with van der Waals surface area (Å²) in [5, 5.41) is 4.14. The maximum Gasteiger partial charge on any atom is 0.255 e. The van der Waals surface area contributed by atoms with Crippen LogP contribution in [0.4, 0.5) is 0 Å². The maximum atomic E-state index is 13.0. The smallest absolute Gasteiger partial charge is 0.255 e. The van der Waals surface area contributed by atoms with Crippen LogP contribution in [0.2, 0.25) is 0 Å². The summed E-state index contributed by atoms with van der Waals surface area (Å²) in [5.74, 6) is 6.12. The molecule has 1 unspecified atom stereocenters. The Balaban J connectivity index is 1.66. The molecule has 35 heavy (non-hydrogen) atoms. The van der Waals surface area contributed by atoms with Crippen molar-refractivity contribution in [3.05, 3.63) is 77.1 Å². The highest BCUT2D eigenvalue weighted by atomic mass is 16.5. The molecular formula is C26H33N5O4. The van der Waals surface area contributed by atoms with Crippen molar-refractivity contribution >= 4 is 18.1 Å². The van der Waals surface area contributed by atoms with Crippen LogP contribution in [0.3, 0.4) is 0 Å². The molecule has 0 radical (unpaired) electrons. The van der Waals surface area contributed by atoms with Crippen LogP contribution in [0.25, 0.3) is 0 Å². The van der Waals surface area contributed by atoms with E-state index in [9.17, 15) is 14.4 Å². The molecule has 2 aromatic rings. The van der Waals surface area contributed by atoms with Gasteiger partial charge in [0.2, 0.25) is 5.91 Å². The number of nitrogens with zero attached hydrogens (tertiary/aromatic N) is 2. The molecule has 0 saturated heterocycles. The van der Waals surface area contributed by atoms with Gasteiger partial charge in [0, 0.05) is 36.8 Å². The van der Waals surface area contributed by atoms with Crippen molar-refractivity contribution in [3.8, 4) is 5.75 Å². The fraction of sp³-hybridized carbons (Fsp3) is 0.346. The van der Waals surface area contributed by atoms with Gasteiger partial charge in [-0.15, -0.1) is 0 Å². The van der Waals surface area contributed by atoms with Gasteiger partial charge in [-0.25, -0.2) is 5.84 Å². The van der Waals surface area contributed by atoms with Crippen molar-refractivity contribution in [3.63, 3.8) is 0 Å². The Labute approximate surface area is 205 Å². The van der Waals surface area contributed by atoms with E-state index in [4.69, 9.17) is 16.3 Å². The van der Waals surface area contributed by atoms with E-state index in [1.165, 1.54) is 17.5 Å². The minimum atomic E-state index is -0.736. The number of nitrogens with one attached hydrogen (secondary N) is 1. The van der Waals surface area contributed by atoms with Gasteiger partial charge in [-0.3, -0.25) is 9.59 Å². The second-order valence-corrected chi connectivity index (χ2v) is 8.57. The normalized spacial score (nSPS) is 14.8. The zero-order valence-corrected chi connectivity index (χ0v) is 20.1. The zero-order chi connectivity index (χ0) is 25.4. The number of ether oxygens (including phenoxy) is 1. The van der Waals surface area contributed by atoms with Gasteiger partial charge in [0.05, 0.1) is 12.2 Å². The summed E-state index contributed by atoms with van der Waals surface area (Å²) >= 11 is 0. The Morgan fingerprint density at radius 3 is 2.66 bits per heavy atom. The molecule has 3 rings (SSSR count). The number of carbonyl (C=O) groups is 3. The molecule has 0 aliphatic carbocycles. The summed E-state index contributed by atoms with van der Waals surface area (Å²) < 4.78 is 5.94. The van der Waals surface area contributed by atoms with E-state index in [2.05, 4.69) is 17.4 Å². The minimum Gasteiger partial charge on any atom is -0.487 e. The number of benzene rings is 2. The van der Waals surface area contributed by atoms with E-state index < -0.39 is 6.04 Å². The number of fused-ring (bicyclic) bond motifs is 1. The second kappa shape index (κ2) is 12.0. The highest BCUT2D eigenvalue weighted by Gasteiger charge is 2.37. The van der Waals surface area contributed by atoms with Crippen molar-refractivity contribution in [2.75, 3.05) is 13.7 Å². The van der Waals surface area contributed by atoms with Gasteiger partial charge in [-0.05, 0) is 37.5 Å². The third-order valence-corrected chi connectivity index (χ3v) is 6.03.